The van der Waals surface area contributed by atoms with Crippen LogP contribution in [-0.4, -0.2) is 17.5 Å². The predicted molar refractivity (Wildman–Crippen MR) is 110 cm³/mol. The normalized spacial score (nSPS) is 19.3. The Morgan fingerprint density at radius 1 is 0.929 bits per heavy atom. The van der Waals surface area contributed by atoms with E-state index < -0.39 is 0 Å². The Morgan fingerprint density at radius 2 is 1.46 bits per heavy atom. The van der Waals surface area contributed by atoms with Crippen LogP contribution in [0.2, 0.25) is 0 Å². The van der Waals surface area contributed by atoms with Gasteiger partial charge in [0.25, 0.3) is 0 Å². The Morgan fingerprint density at radius 3 is 2.07 bits per heavy atom. The van der Waals surface area contributed by atoms with Crippen molar-refractivity contribution in [2.45, 2.75) is 103 Å². The van der Waals surface area contributed by atoms with E-state index in [1.54, 1.807) is 0 Å². The Hall–Kier alpha value is -0.460. The van der Waals surface area contributed by atoms with Gasteiger partial charge < -0.3 is 9.47 Å². The van der Waals surface area contributed by atoms with Gasteiger partial charge in [0.1, 0.15) is 5.83 Å². The molecule has 1 aliphatic heterocycles. The SMILES string of the molecule is Cc1ccc([I+]/C=C(/F)CCCCCCCCC2OC(C)(C)C(C)(C)O2)cc1. The lowest BCUT2D eigenvalue weighted by molar-refractivity contribution is -0.558. The second-order valence-corrected chi connectivity index (χ2v) is 11.3. The van der Waals surface area contributed by atoms with Gasteiger partial charge in [0, 0.05) is 6.42 Å². The van der Waals surface area contributed by atoms with Crippen molar-refractivity contribution >= 4 is 0 Å². The Kier molecular flexibility index (Phi) is 9.42. The molecule has 0 radical (unpaired) electrons. The van der Waals surface area contributed by atoms with Gasteiger partial charge in [-0.1, -0.05) is 43.4 Å². The van der Waals surface area contributed by atoms with E-state index in [2.05, 4.69) is 58.9 Å². The van der Waals surface area contributed by atoms with Crippen LogP contribution in [0.1, 0.15) is 84.6 Å². The van der Waals surface area contributed by atoms with Gasteiger partial charge in [-0.3, -0.25) is 0 Å². The summed E-state index contributed by atoms with van der Waals surface area (Å²) in [6.45, 7) is 10.5. The summed E-state index contributed by atoms with van der Waals surface area (Å²) in [4.78, 5) is 0. The fraction of sp³-hybridized carbons (Fsp3) is 0.667. The van der Waals surface area contributed by atoms with Crippen LogP contribution in [0.25, 0.3) is 0 Å². The molecule has 4 heteroatoms. The smallest absolute Gasteiger partial charge is 0.344 e. The number of ether oxygens (including phenoxy) is 2. The lowest BCUT2D eigenvalue weighted by atomic mass is 9.90. The first kappa shape index (κ1) is 23.8. The molecule has 1 saturated heterocycles. The number of aryl methyl sites for hydroxylation is 1. The Bertz CT molecular complexity index is 606. The molecule has 0 aliphatic carbocycles. The van der Waals surface area contributed by atoms with Crippen molar-refractivity contribution in [3.8, 4) is 0 Å². The maximum Gasteiger partial charge on any atom is 0.352 e. The highest BCUT2D eigenvalue weighted by Gasteiger charge is 2.48. The van der Waals surface area contributed by atoms with Gasteiger partial charge in [-0.15, -0.1) is 0 Å². The summed E-state index contributed by atoms with van der Waals surface area (Å²) >= 11 is -0.341. The van der Waals surface area contributed by atoms with Crippen molar-refractivity contribution in [2.24, 2.45) is 0 Å². The average molecular weight is 503 g/mol. The van der Waals surface area contributed by atoms with Crippen molar-refractivity contribution in [1.82, 2.24) is 0 Å². The third kappa shape index (κ3) is 7.75. The standard InChI is InChI=1S/C24H37FIO2/c1-19-14-16-21(17-15-19)26-18-20(25)12-10-8-6-7-9-11-13-22-27-23(2,3)24(4,5)28-22/h14-18,22H,6-13H2,1-5H3/q+1/b20-18+. The monoisotopic (exact) mass is 503 g/mol. The van der Waals surface area contributed by atoms with Crippen molar-refractivity contribution in [3.63, 3.8) is 0 Å². The summed E-state index contributed by atoms with van der Waals surface area (Å²) in [6, 6.07) is 8.45. The Balaban J connectivity index is 1.48. The number of hydrogen-bond acceptors (Lipinski definition) is 2. The molecule has 158 valence electrons. The molecule has 1 heterocycles. The van der Waals surface area contributed by atoms with Crippen LogP contribution >= 0.6 is 0 Å². The summed E-state index contributed by atoms with van der Waals surface area (Å²) < 4.78 is 29.1. The zero-order valence-corrected chi connectivity index (χ0v) is 20.4. The molecule has 1 aliphatic rings. The minimum absolute atomic E-state index is 0.0685. The first-order chi connectivity index (χ1) is 13.2. The van der Waals surface area contributed by atoms with Crippen molar-refractivity contribution in [2.75, 3.05) is 0 Å². The largest absolute Gasteiger partial charge is 0.352 e. The molecule has 0 saturated carbocycles. The second-order valence-electron chi connectivity index (χ2n) is 8.81. The summed E-state index contributed by atoms with van der Waals surface area (Å²) in [6.07, 6.45) is 8.28. The number of rotatable bonds is 11. The molecule has 1 aromatic rings. The molecule has 0 N–H and O–H groups in total. The van der Waals surface area contributed by atoms with E-state index in [-0.39, 0.29) is 44.5 Å². The van der Waals surface area contributed by atoms with E-state index in [9.17, 15) is 4.39 Å². The van der Waals surface area contributed by atoms with Gasteiger partial charge in [0.05, 0.1) is 11.2 Å². The first-order valence-electron chi connectivity index (χ1n) is 10.6. The molecule has 0 aromatic heterocycles. The highest BCUT2D eigenvalue weighted by molar-refractivity contribution is 5.11. The van der Waals surface area contributed by atoms with E-state index >= 15 is 0 Å². The fourth-order valence-corrected chi connectivity index (χ4v) is 4.96. The van der Waals surface area contributed by atoms with Crippen LogP contribution in [0.3, 0.4) is 0 Å². The van der Waals surface area contributed by atoms with Crippen molar-refractivity contribution in [3.05, 3.63) is 43.3 Å². The third-order valence-electron chi connectivity index (χ3n) is 5.72. The lowest BCUT2D eigenvalue weighted by Crippen LogP contribution is -3.59. The van der Waals surface area contributed by atoms with E-state index in [0.29, 0.717) is 6.42 Å². The van der Waals surface area contributed by atoms with Crippen LogP contribution in [0.5, 0.6) is 0 Å². The summed E-state index contributed by atoms with van der Waals surface area (Å²) in [7, 11) is 0. The van der Waals surface area contributed by atoms with Crippen LogP contribution < -0.4 is 21.2 Å². The number of benzene rings is 1. The molecule has 0 spiro atoms. The topological polar surface area (TPSA) is 18.5 Å². The number of allylic oxidation sites excluding steroid dienone is 1. The molecule has 0 atom stereocenters. The molecular weight excluding hydrogens is 466 g/mol. The predicted octanol–water partition coefficient (Wildman–Crippen LogP) is 4.12. The average Bonchev–Trinajstić information content (AvgIpc) is 2.83. The van der Waals surface area contributed by atoms with Crippen LogP contribution in [0.4, 0.5) is 4.39 Å². The van der Waals surface area contributed by atoms with E-state index in [1.807, 2.05) is 4.08 Å². The van der Waals surface area contributed by atoms with Crippen LogP contribution in [-0.2, 0) is 9.47 Å². The quantitative estimate of drug-likeness (QED) is 0.334. The van der Waals surface area contributed by atoms with Gasteiger partial charge in [-0.2, -0.15) is 0 Å². The number of hydrogen-bond donors (Lipinski definition) is 0. The molecule has 0 bridgehead atoms. The maximum absolute atomic E-state index is 14.0. The summed E-state index contributed by atoms with van der Waals surface area (Å²) in [5, 5.41) is 0. The minimum atomic E-state index is -0.341. The van der Waals surface area contributed by atoms with Crippen LogP contribution in [0.15, 0.2) is 34.2 Å². The van der Waals surface area contributed by atoms with Crippen molar-refractivity contribution < 1.29 is 35.1 Å². The van der Waals surface area contributed by atoms with Crippen LogP contribution in [0, 0.1) is 10.5 Å². The van der Waals surface area contributed by atoms with Gasteiger partial charge in [0.2, 0.25) is 0 Å². The molecule has 1 fully saturated rings. The maximum atomic E-state index is 14.0. The first-order valence-corrected chi connectivity index (χ1v) is 12.9. The van der Waals surface area contributed by atoms with Gasteiger partial charge in [-0.05, 0) is 66.0 Å². The number of halogens is 2. The van der Waals surface area contributed by atoms with Gasteiger partial charge in [0.15, 0.2) is 13.9 Å². The fourth-order valence-electron chi connectivity index (χ4n) is 3.18. The Labute approximate surface area is 181 Å². The lowest BCUT2D eigenvalue weighted by Gasteiger charge is -2.30. The molecule has 28 heavy (non-hydrogen) atoms. The van der Waals surface area contributed by atoms with Gasteiger partial charge >= 0.3 is 21.2 Å². The third-order valence-corrected chi connectivity index (χ3v) is 8.14. The molecule has 2 rings (SSSR count). The summed E-state index contributed by atoms with van der Waals surface area (Å²) in [5.41, 5.74) is 0.807. The highest BCUT2D eigenvalue weighted by Crippen LogP contribution is 2.39. The summed E-state index contributed by atoms with van der Waals surface area (Å²) in [5.74, 6) is 0.0779. The molecule has 0 amide bonds. The molecular formula is C24H37FIO2+. The van der Waals surface area contributed by atoms with E-state index in [0.717, 1.165) is 25.7 Å². The molecule has 1 aromatic carbocycles. The minimum Gasteiger partial charge on any atom is -0.344 e. The van der Waals surface area contributed by atoms with Gasteiger partial charge in [-0.25, -0.2) is 4.39 Å². The van der Waals surface area contributed by atoms with E-state index in [1.165, 1.54) is 28.4 Å². The number of unbranched alkanes of at least 4 members (excludes halogenated alkanes) is 5. The molecule has 2 nitrogen and oxygen atoms in total. The molecule has 0 unspecified atom stereocenters. The second kappa shape index (κ2) is 11.1. The van der Waals surface area contributed by atoms with Crippen molar-refractivity contribution in [1.29, 1.82) is 0 Å². The highest BCUT2D eigenvalue weighted by atomic mass is 127. The zero-order valence-electron chi connectivity index (χ0n) is 18.2. The zero-order chi connectivity index (χ0) is 20.6. The van der Waals surface area contributed by atoms with E-state index in [4.69, 9.17) is 9.47 Å².